The van der Waals surface area contributed by atoms with Crippen molar-refractivity contribution in [1.29, 1.82) is 0 Å². The molecule has 1 aliphatic rings. The number of alkyl halides is 2. The van der Waals surface area contributed by atoms with Crippen LogP contribution >= 0.6 is 0 Å². The summed E-state index contributed by atoms with van der Waals surface area (Å²) < 4.78 is 40.8. The Morgan fingerprint density at radius 1 is 1.05 bits per heavy atom. The summed E-state index contributed by atoms with van der Waals surface area (Å²) in [6.07, 6.45) is 5.13. The molecule has 10 heteroatoms. The highest BCUT2D eigenvalue weighted by atomic mass is 19.3. The van der Waals surface area contributed by atoms with Gasteiger partial charge in [-0.25, -0.2) is 23.7 Å². The minimum Gasteiger partial charge on any atom is -0.489 e. The van der Waals surface area contributed by atoms with Crippen molar-refractivity contribution >= 4 is 28.1 Å². The van der Waals surface area contributed by atoms with Gasteiger partial charge in [-0.1, -0.05) is 6.07 Å². The van der Waals surface area contributed by atoms with Gasteiger partial charge in [0.25, 0.3) is 6.43 Å². The fourth-order valence-corrected chi connectivity index (χ4v) is 4.72. The fourth-order valence-electron chi connectivity index (χ4n) is 4.72. The summed E-state index contributed by atoms with van der Waals surface area (Å²) in [5.41, 5.74) is 3.25. The Labute approximate surface area is 217 Å². The first-order valence-electron chi connectivity index (χ1n) is 12.4. The molecule has 0 aliphatic carbocycles. The number of piperidine rings is 1. The molecule has 38 heavy (non-hydrogen) atoms. The molecule has 1 fully saturated rings. The van der Waals surface area contributed by atoms with Crippen molar-refractivity contribution in [3.05, 3.63) is 79.0 Å². The van der Waals surface area contributed by atoms with E-state index in [-0.39, 0.29) is 12.5 Å². The summed E-state index contributed by atoms with van der Waals surface area (Å²) in [6, 6.07) is 14.2. The highest BCUT2D eigenvalue weighted by Crippen LogP contribution is 2.35. The average Bonchev–Trinajstić information content (AvgIpc) is 3.39. The maximum Gasteiger partial charge on any atom is 0.253 e. The lowest BCUT2D eigenvalue weighted by atomic mass is 10.0. The van der Waals surface area contributed by atoms with Crippen LogP contribution in [0.5, 0.6) is 17.2 Å². The molecule has 0 bridgehead atoms. The van der Waals surface area contributed by atoms with Crippen molar-refractivity contribution < 1.29 is 18.3 Å². The van der Waals surface area contributed by atoms with Crippen LogP contribution in [0.1, 0.15) is 18.4 Å². The van der Waals surface area contributed by atoms with E-state index in [9.17, 15) is 8.78 Å². The van der Waals surface area contributed by atoms with Crippen LogP contribution in [0.3, 0.4) is 0 Å². The maximum absolute atomic E-state index is 13.3. The number of nitrogens with zero attached hydrogens (tertiary/aromatic N) is 4. The molecule has 8 nitrogen and oxygen atoms in total. The quantitative estimate of drug-likeness (QED) is 0.279. The zero-order valence-corrected chi connectivity index (χ0v) is 20.6. The van der Waals surface area contributed by atoms with Gasteiger partial charge in [-0.3, -0.25) is 0 Å². The number of imidazole rings is 1. The van der Waals surface area contributed by atoms with E-state index >= 15 is 0 Å². The van der Waals surface area contributed by atoms with Gasteiger partial charge in [-0.2, -0.15) is 0 Å². The van der Waals surface area contributed by atoms with Gasteiger partial charge in [0.2, 0.25) is 0 Å². The number of nitrogens with one attached hydrogen (secondary N) is 2. The first kappa shape index (κ1) is 24.1. The topological polar surface area (TPSA) is 85.6 Å². The second kappa shape index (κ2) is 10.2. The summed E-state index contributed by atoms with van der Waals surface area (Å²) in [5, 5.41) is 6.94. The van der Waals surface area contributed by atoms with Gasteiger partial charge in [-0.05, 0) is 61.9 Å². The molecule has 1 aliphatic heterocycles. The van der Waals surface area contributed by atoms with Crippen molar-refractivity contribution in [2.75, 3.05) is 11.9 Å². The standard InChI is InChI=1S/C28H26F2N6O2/c1-17-13-18(5-6-23(17)37-20-8-11-36-12-10-32-25(36)15-20)35-28-26-21(33-16-34-28)3-2-4-24(26)38-19-7-9-31-22(14-19)27(29)30/h2-6,8,10-13,15-16,19,22,27,31H,7,9,14H2,1H3,(H,33,34,35)/t19-,22+/m0/s1. The normalized spacial score (nSPS) is 17.7. The third kappa shape index (κ3) is 4.95. The van der Waals surface area contributed by atoms with E-state index in [0.29, 0.717) is 41.2 Å². The Bertz CT molecular complexity index is 1590. The van der Waals surface area contributed by atoms with Crippen molar-refractivity contribution in [2.24, 2.45) is 0 Å². The number of anilines is 2. The Morgan fingerprint density at radius 2 is 1.97 bits per heavy atom. The predicted molar refractivity (Wildman–Crippen MR) is 141 cm³/mol. The highest BCUT2D eigenvalue weighted by molar-refractivity contribution is 5.95. The van der Waals surface area contributed by atoms with Crippen molar-refractivity contribution in [2.45, 2.75) is 38.3 Å². The Hall–Kier alpha value is -4.31. The third-order valence-corrected chi connectivity index (χ3v) is 6.65. The molecule has 2 aromatic carbocycles. The minimum atomic E-state index is -2.43. The predicted octanol–water partition coefficient (Wildman–Crippen LogP) is 5.89. The van der Waals surface area contributed by atoms with E-state index in [1.165, 1.54) is 6.33 Å². The number of benzene rings is 2. The van der Waals surface area contributed by atoms with Gasteiger partial charge in [-0.15, -0.1) is 0 Å². The van der Waals surface area contributed by atoms with Gasteiger partial charge in [0, 0.05) is 36.8 Å². The zero-order valence-electron chi connectivity index (χ0n) is 20.6. The Kier molecular flexibility index (Phi) is 6.47. The summed E-state index contributed by atoms with van der Waals surface area (Å²) in [7, 11) is 0. The van der Waals surface area contributed by atoms with Crippen molar-refractivity contribution in [3.8, 4) is 17.2 Å². The fraction of sp³-hybridized carbons (Fsp3) is 0.250. The Morgan fingerprint density at radius 3 is 2.84 bits per heavy atom. The Balaban J connectivity index is 1.24. The maximum atomic E-state index is 13.3. The minimum absolute atomic E-state index is 0.235. The molecule has 4 heterocycles. The SMILES string of the molecule is Cc1cc(Nc2ncnc3cccc(O[C@H]4CCN[C@@H](C(F)F)C4)c23)ccc1Oc1ccn2ccnc2c1. The van der Waals surface area contributed by atoms with Crippen LogP contribution in [0.15, 0.2) is 73.4 Å². The number of hydrogen-bond donors (Lipinski definition) is 2. The van der Waals surface area contributed by atoms with Crippen LogP contribution in [0.25, 0.3) is 16.6 Å². The molecule has 5 aromatic rings. The van der Waals surface area contributed by atoms with Gasteiger partial charge in [0.05, 0.1) is 16.9 Å². The lowest BCUT2D eigenvalue weighted by Gasteiger charge is -2.30. The van der Waals surface area contributed by atoms with E-state index in [2.05, 4.69) is 25.6 Å². The van der Waals surface area contributed by atoms with E-state index in [4.69, 9.17) is 9.47 Å². The summed E-state index contributed by atoms with van der Waals surface area (Å²) in [5.74, 6) is 2.56. The molecule has 0 spiro atoms. The molecular weight excluding hydrogens is 490 g/mol. The summed E-state index contributed by atoms with van der Waals surface area (Å²) in [4.78, 5) is 13.2. The molecule has 0 saturated carbocycles. The number of aryl methyl sites for hydroxylation is 1. The monoisotopic (exact) mass is 516 g/mol. The largest absolute Gasteiger partial charge is 0.489 e. The third-order valence-electron chi connectivity index (χ3n) is 6.65. The first-order valence-corrected chi connectivity index (χ1v) is 12.4. The second-order valence-corrected chi connectivity index (χ2v) is 9.29. The second-order valence-electron chi connectivity index (χ2n) is 9.29. The van der Waals surface area contributed by atoms with E-state index in [1.807, 2.05) is 72.2 Å². The first-order chi connectivity index (χ1) is 18.5. The number of aromatic nitrogens is 4. The zero-order chi connectivity index (χ0) is 26.1. The average molecular weight is 517 g/mol. The van der Waals surface area contributed by atoms with Crippen LogP contribution in [0, 0.1) is 6.92 Å². The number of rotatable bonds is 7. The van der Waals surface area contributed by atoms with Crippen LogP contribution in [-0.2, 0) is 0 Å². The highest BCUT2D eigenvalue weighted by Gasteiger charge is 2.29. The van der Waals surface area contributed by atoms with E-state index in [0.717, 1.165) is 22.6 Å². The summed E-state index contributed by atoms with van der Waals surface area (Å²) >= 11 is 0. The smallest absolute Gasteiger partial charge is 0.253 e. The number of halogens is 2. The van der Waals surface area contributed by atoms with Crippen molar-refractivity contribution in [3.63, 3.8) is 0 Å². The molecule has 0 radical (unpaired) electrons. The molecule has 0 amide bonds. The van der Waals surface area contributed by atoms with E-state index < -0.39 is 12.5 Å². The van der Waals surface area contributed by atoms with Gasteiger partial charge >= 0.3 is 0 Å². The molecule has 0 unspecified atom stereocenters. The number of fused-ring (bicyclic) bond motifs is 2. The van der Waals surface area contributed by atoms with Crippen LogP contribution < -0.4 is 20.1 Å². The molecule has 2 N–H and O–H groups in total. The number of pyridine rings is 1. The van der Waals surface area contributed by atoms with Gasteiger partial charge in [0.1, 0.15) is 41.1 Å². The molecule has 6 rings (SSSR count). The number of hydrogen-bond acceptors (Lipinski definition) is 7. The summed E-state index contributed by atoms with van der Waals surface area (Å²) in [6.45, 7) is 2.45. The molecule has 3 aromatic heterocycles. The van der Waals surface area contributed by atoms with Gasteiger partial charge < -0.3 is 24.5 Å². The lowest BCUT2D eigenvalue weighted by Crippen LogP contribution is -2.46. The van der Waals surface area contributed by atoms with Crippen LogP contribution in [-0.4, -0.2) is 44.5 Å². The molecule has 194 valence electrons. The molecular formula is C28H26F2N6O2. The number of ether oxygens (including phenoxy) is 2. The molecule has 1 saturated heterocycles. The van der Waals surface area contributed by atoms with Crippen LogP contribution in [0.4, 0.5) is 20.3 Å². The molecule has 2 atom stereocenters. The van der Waals surface area contributed by atoms with Crippen LogP contribution in [0.2, 0.25) is 0 Å². The van der Waals surface area contributed by atoms with E-state index in [1.54, 1.807) is 6.20 Å². The van der Waals surface area contributed by atoms with Crippen molar-refractivity contribution in [1.82, 2.24) is 24.7 Å². The van der Waals surface area contributed by atoms with Gasteiger partial charge in [0.15, 0.2) is 0 Å². The lowest BCUT2D eigenvalue weighted by molar-refractivity contribution is 0.0470.